The Balaban J connectivity index is 2.24. The van der Waals surface area contributed by atoms with Crippen molar-refractivity contribution in [2.45, 2.75) is 13.3 Å². The van der Waals surface area contributed by atoms with E-state index in [4.69, 9.17) is 28.9 Å². The van der Waals surface area contributed by atoms with Crippen LogP contribution in [0.1, 0.15) is 13.3 Å². The monoisotopic (exact) mass is 311 g/mol. The van der Waals surface area contributed by atoms with E-state index in [1.165, 1.54) is 6.33 Å². The standard InChI is InChI=1S/C13H15Cl2N5/c1-2-3-17-12-11(16)13(19-7-18-12)20-10-5-8(14)4-9(15)6-10/h4-7H,2-3,16H2,1H3,(H2,17,18,19,20). The maximum absolute atomic E-state index is 6.03. The molecule has 4 N–H and O–H groups in total. The Morgan fingerprint density at radius 2 is 1.75 bits per heavy atom. The van der Waals surface area contributed by atoms with Crippen LogP contribution in [0.5, 0.6) is 0 Å². The Labute approximate surface area is 127 Å². The summed E-state index contributed by atoms with van der Waals surface area (Å²) < 4.78 is 0. The highest BCUT2D eigenvalue weighted by Crippen LogP contribution is 2.28. The number of nitrogens with one attached hydrogen (secondary N) is 2. The first-order chi connectivity index (χ1) is 9.60. The fraction of sp³-hybridized carbons (Fsp3) is 0.231. The molecule has 106 valence electrons. The number of benzene rings is 1. The molecule has 1 heterocycles. The smallest absolute Gasteiger partial charge is 0.159 e. The summed E-state index contributed by atoms with van der Waals surface area (Å²) in [5.74, 6) is 1.12. The van der Waals surface area contributed by atoms with Gasteiger partial charge in [0.1, 0.15) is 12.0 Å². The minimum atomic E-state index is 0.456. The SMILES string of the molecule is CCCNc1ncnc(Nc2cc(Cl)cc(Cl)c2)c1N. The van der Waals surface area contributed by atoms with E-state index in [9.17, 15) is 0 Å². The van der Waals surface area contributed by atoms with E-state index in [2.05, 4.69) is 27.5 Å². The topological polar surface area (TPSA) is 75.9 Å². The third-order valence-corrected chi connectivity index (χ3v) is 2.99. The van der Waals surface area contributed by atoms with Crippen LogP contribution in [0.2, 0.25) is 10.0 Å². The molecule has 0 bridgehead atoms. The van der Waals surface area contributed by atoms with Crippen molar-refractivity contribution in [3.8, 4) is 0 Å². The van der Waals surface area contributed by atoms with Gasteiger partial charge in [-0.05, 0) is 24.6 Å². The number of aromatic nitrogens is 2. The fourth-order valence-corrected chi connectivity index (χ4v) is 2.17. The Morgan fingerprint density at radius 3 is 2.40 bits per heavy atom. The molecular formula is C13H15Cl2N5. The van der Waals surface area contributed by atoms with Crippen LogP contribution in [0, 0.1) is 0 Å². The molecule has 0 aliphatic carbocycles. The van der Waals surface area contributed by atoms with Crippen LogP contribution in [0.4, 0.5) is 23.0 Å². The second kappa shape index (κ2) is 6.63. The predicted octanol–water partition coefficient (Wildman–Crippen LogP) is 3.93. The highest BCUT2D eigenvalue weighted by Gasteiger charge is 2.08. The molecule has 1 aromatic carbocycles. The van der Waals surface area contributed by atoms with Crippen molar-refractivity contribution in [1.82, 2.24) is 9.97 Å². The minimum Gasteiger partial charge on any atom is -0.393 e. The third-order valence-electron chi connectivity index (χ3n) is 2.55. The summed E-state index contributed by atoms with van der Waals surface area (Å²) in [6, 6.07) is 5.15. The molecule has 0 fully saturated rings. The van der Waals surface area contributed by atoms with Crippen molar-refractivity contribution >= 4 is 46.2 Å². The van der Waals surface area contributed by atoms with E-state index >= 15 is 0 Å². The largest absolute Gasteiger partial charge is 0.393 e. The molecule has 0 amide bonds. The van der Waals surface area contributed by atoms with Gasteiger partial charge in [0.05, 0.1) is 0 Å². The van der Waals surface area contributed by atoms with Crippen LogP contribution in [-0.2, 0) is 0 Å². The number of anilines is 4. The van der Waals surface area contributed by atoms with Crippen molar-refractivity contribution in [2.24, 2.45) is 0 Å². The molecule has 0 aliphatic heterocycles. The van der Waals surface area contributed by atoms with Crippen LogP contribution >= 0.6 is 23.2 Å². The Hall–Kier alpha value is -1.72. The lowest BCUT2D eigenvalue weighted by atomic mass is 10.3. The molecule has 2 rings (SSSR count). The second-order valence-corrected chi connectivity index (χ2v) is 5.07. The molecule has 0 aliphatic rings. The van der Waals surface area contributed by atoms with Crippen molar-refractivity contribution in [2.75, 3.05) is 22.9 Å². The highest BCUT2D eigenvalue weighted by atomic mass is 35.5. The lowest BCUT2D eigenvalue weighted by molar-refractivity contribution is 0.966. The van der Waals surface area contributed by atoms with E-state index < -0.39 is 0 Å². The zero-order valence-corrected chi connectivity index (χ0v) is 12.5. The van der Waals surface area contributed by atoms with E-state index in [1.54, 1.807) is 18.2 Å². The number of nitrogen functional groups attached to an aromatic ring is 1. The van der Waals surface area contributed by atoms with Crippen LogP contribution in [0.25, 0.3) is 0 Å². The van der Waals surface area contributed by atoms with Gasteiger partial charge in [-0.3, -0.25) is 0 Å². The highest BCUT2D eigenvalue weighted by molar-refractivity contribution is 6.35. The van der Waals surface area contributed by atoms with Crippen molar-refractivity contribution in [1.29, 1.82) is 0 Å². The van der Waals surface area contributed by atoms with Crippen LogP contribution in [0.15, 0.2) is 24.5 Å². The minimum absolute atomic E-state index is 0.456. The van der Waals surface area contributed by atoms with Crippen molar-refractivity contribution in [3.63, 3.8) is 0 Å². The van der Waals surface area contributed by atoms with E-state index in [1.807, 2.05) is 0 Å². The van der Waals surface area contributed by atoms with Gasteiger partial charge in [0.25, 0.3) is 0 Å². The van der Waals surface area contributed by atoms with Gasteiger partial charge < -0.3 is 16.4 Å². The summed E-state index contributed by atoms with van der Waals surface area (Å²) in [4.78, 5) is 8.24. The molecule has 1 aromatic heterocycles. The molecule has 20 heavy (non-hydrogen) atoms. The Morgan fingerprint density at radius 1 is 1.10 bits per heavy atom. The third kappa shape index (κ3) is 3.65. The Kier molecular flexibility index (Phi) is 4.87. The number of rotatable bonds is 5. The maximum atomic E-state index is 6.03. The van der Waals surface area contributed by atoms with Gasteiger partial charge in [-0.15, -0.1) is 0 Å². The first-order valence-corrected chi connectivity index (χ1v) is 6.93. The summed E-state index contributed by atoms with van der Waals surface area (Å²) in [6.07, 6.45) is 2.43. The molecule has 0 saturated heterocycles. The molecular weight excluding hydrogens is 297 g/mol. The van der Waals surface area contributed by atoms with Gasteiger partial charge in [0.15, 0.2) is 11.6 Å². The number of nitrogens with zero attached hydrogens (tertiary/aromatic N) is 2. The molecule has 0 unspecified atom stereocenters. The molecule has 0 spiro atoms. The van der Waals surface area contributed by atoms with Gasteiger partial charge in [-0.1, -0.05) is 30.1 Å². The van der Waals surface area contributed by atoms with Crippen molar-refractivity contribution in [3.05, 3.63) is 34.6 Å². The second-order valence-electron chi connectivity index (χ2n) is 4.19. The predicted molar refractivity (Wildman–Crippen MR) is 85.0 cm³/mol. The molecule has 0 radical (unpaired) electrons. The zero-order chi connectivity index (χ0) is 14.5. The molecule has 7 heteroatoms. The van der Waals surface area contributed by atoms with Gasteiger partial charge >= 0.3 is 0 Å². The summed E-state index contributed by atoms with van der Waals surface area (Å²) in [5.41, 5.74) is 7.20. The lowest BCUT2D eigenvalue weighted by Gasteiger charge is -2.12. The van der Waals surface area contributed by atoms with E-state index in [-0.39, 0.29) is 0 Å². The van der Waals surface area contributed by atoms with Crippen molar-refractivity contribution < 1.29 is 0 Å². The fourth-order valence-electron chi connectivity index (χ4n) is 1.64. The number of halogens is 2. The summed E-state index contributed by atoms with van der Waals surface area (Å²) in [5, 5.41) is 7.31. The Bertz CT molecular complexity index is 583. The van der Waals surface area contributed by atoms with Gasteiger partial charge in [0.2, 0.25) is 0 Å². The van der Waals surface area contributed by atoms with Gasteiger partial charge in [0, 0.05) is 22.3 Å². The number of hydrogen-bond donors (Lipinski definition) is 3. The normalized spacial score (nSPS) is 10.3. The van der Waals surface area contributed by atoms with Crippen LogP contribution in [-0.4, -0.2) is 16.5 Å². The van der Waals surface area contributed by atoms with Gasteiger partial charge in [-0.25, -0.2) is 9.97 Å². The van der Waals surface area contributed by atoms with Crippen LogP contribution < -0.4 is 16.4 Å². The molecule has 0 saturated carbocycles. The van der Waals surface area contributed by atoms with Gasteiger partial charge in [-0.2, -0.15) is 0 Å². The number of nitrogens with two attached hydrogens (primary N) is 1. The summed E-state index contributed by atoms with van der Waals surface area (Å²) in [7, 11) is 0. The average molecular weight is 312 g/mol. The summed E-state index contributed by atoms with van der Waals surface area (Å²) >= 11 is 11.9. The molecule has 5 nitrogen and oxygen atoms in total. The van der Waals surface area contributed by atoms with E-state index in [0.29, 0.717) is 33.1 Å². The first kappa shape index (κ1) is 14.7. The zero-order valence-electron chi connectivity index (χ0n) is 11.0. The average Bonchev–Trinajstić information content (AvgIpc) is 2.38. The molecule has 0 atom stereocenters. The quantitative estimate of drug-likeness (QED) is 0.780. The lowest BCUT2D eigenvalue weighted by Crippen LogP contribution is -2.08. The van der Waals surface area contributed by atoms with E-state index in [0.717, 1.165) is 13.0 Å². The van der Waals surface area contributed by atoms with Crippen LogP contribution in [0.3, 0.4) is 0 Å². The maximum Gasteiger partial charge on any atom is 0.159 e. The summed E-state index contributed by atoms with van der Waals surface area (Å²) in [6.45, 7) is 2.86. The molecule has 2 aromatic rings. The first-order valence-electron chi connectivity index (χ1n) is 6.17. The number of hydrogen-bond acceptors (Lipinski definition) is 5.